The fourth-order valence-corrected chi connectivity index (χ4v) is 3.47. The normalized spacial score (nSPS) is 32.4. The van der Waals surface area contributed by atoms with Gasteiger partial charge in [0.2, 0.25) is 0 Å². The van der Waals surface area contributed by atoms with Crippen molar-refractivity contribution >= 4 is 17.4 Å². The highest BCUT2D eigenvalue weighted by Crippen LogP contribution is 2.41. The standard InChI is InChI=1S/C13H18ClN3O/c14-9-6-11(12(15)16-8-9)13(18)3-5-17-4-1-2-10(17)7-13/h6,8,10,18H,1-5,7H2,(H2,15,16). The van der Waals surface area contributed by atoms with Crippen molar-refractivity contribution in [2.75, 3.05) is 18.8 Å². The van der Waals surface area contributed by atoms with E-state index in [-0.39, 0.29) is 0 Å². The van der Waals surface area contributed by atoms with Gasteiger partial charge < -0.3 is 15.7 Å². The molecule has 2 atom stereocenters. The molecule has 3 N–H and O–H groups in total. The lowest BCUT2D eigenvalue weighted by Gasteiger charge is -2.41. The summed E-state index contributed by atoms with van der Waals surface area (Å²) in [7, 11) is 0. The van der Waals surface area contributed by atoms with Crippen LogP contribution < -0.4 is 5.73 Å². The van der Waals surface area contributed by atoms with Gasteiger partial charge in [-0.25, -0.2) is 4.98 Å². The van der Waals surface area contributed by atoms with Gasteiger partial charge in [0.15, 0.2) is 0 Å². The number of rotatable bonds is 1. The van der Waals surface area contributed by atoms with Gasteiger partial charge in [0, 0.05) is 24.3 Å². The van der Waals surface area contributed by atoms with Crippen molar-refractivity contribution in [3.8, 4) is 0 Å². The van der Waals surface area contributed by atoms with Gasteiger partial charge in [-0.3, -0.25) is 0 Å². The maximum absolute atomic E-state index is 10.9. The number of nitrogens with zero attached hydrogens (tertiary/aromatic N) is 2. The summed E-state index contributed by atoms with van der Waals surface area (Å²) in [5, 5.41) is 11.4. The second kappa shape index (κ2) is 4.37. The zero-order valence-electron chi connectivity index (χ0n) is 10.3. The fourth-order valence-electron chi connectivity index (χ4n) is 3.31. The topological polar surface area (TPSA) is 62.4 Å². The fraction of sp³-hybridized carbons (Fsp3) is 0.615. The summed E-state index contributed by atoms with van der Waals surface area (Å²) in [6.45, 7) is 2.08. The van der Waals surface area contributed by atoms with Crippen LogP contribution in [0.1, 0.15) is 31.2 Å². The Balaban J connectivity index is 1.92. The first-order chi connectivity index (χ1) is 8.58. The van der Waals surface area contributed by atoms with E-state index in [1.54, 1.807) is 6.07 Å². The van der Waals surface area contributed by atoms with Crippen LogP contribution in [0.4, 0.5) is 5.82 Å². The van der Waals surface area contributed by atoms with Crippen molar-refractivity contribution in [1.29, 1.82) is 0 Å². The maximum Gasteiger partial charge on any atom is 0.129 e. The molecular weight excluding hydrogens is 250 g/mol. The van der Waals surface area contributed by atoms with Gasteiger partial charge >= 0.3 is 0 Å². The minimum absolute atomic E-state index is 0.397. The smallest absolute Gasteiger partial charge is 0.129 e. The summed E-state index contributed by atoms with van der Waals surface area (Å²) in [5.41, 5.74) is 5.73. The number of hydrogen-bond donors (Lipinski definition) is 2. The summed E-state index contributed by atoms with van der Waals surface area (Å²) >= 11 is 5.97. The third-order valence-corrected chi connectivity index (χ3v) is 4.48. The van der Waals surface area contributed by atoms with Gasteiger partial charge in [0.25, 0.3) is 0 Å². The van der Waals surface area contributed by atoms with Crippen molar-refractivity contribution in [1.82, 2.24) is 9.88 Å². The van der Waals surface area contributed by atoms with Crippen molar-refractivity contribution in [3.05, 3.63) is 22.8 Å². The average Bonchev–Trinajstić information content (AvgIpc) is 2.79. The molecule has 0 amide bonds. The first-order valence-corrected chi connectivity index (χ1v) is 6.84. The number of nitrogen functional groups attached to an aromatic ring is 1. The number of anilines is 1. The second-order valence-corrected chi connectivity index (χ2v) is 5.84. The van der Waals surface area contributed by atoms with Gasteiger partial charge in [0.05, 0.1) is 10.6 Å². The number of nitrogens with two attached hydrogens (primary N) is 1. The first-order valence-electron chi connectivity index (χ1n) is 6.46. The molecule has 2 aliphatic heterocycles. The average molecular weight is 268 g/mol. The van der Waals surface area contributed by atoms with Crippen LogP contribution in [0.2, 0.25) is 5.02 Å². The molecule has 0 radical (unpaired) electrons. The van der Waals surface area contributed by atoms with E-state index < -0.39 is 5.60 Å². The summed E-state index contributed by atoms with van der Waals surface area (Å²) in [4.78, 5) is 6.52. The Bertz CT molecular complexity index is 468. The lowest BCUT2D eigenvalue weighted by molar-refractivity contribution is -0.0404. The molecule has 0 bridgehead atoms. The first kappa shape index (κ1) is 12.2. The van der Waals surface area contributed by atoms with E-state index in [9.17, 15) is 5.11 Å². The SMILES string of the molecule is Nc1ncc(Cl)cc1C1(O)CCN2CCCC2C1. The van der Waals surface area contributed by atoms with Gasteiger partial charge in [-0.05, 0) is 38.3 Å². The van der Waals surface area contributed by atoms with E-state index in [4.69, 9.17) is 17.3 Å². The minimum Gasteiger partial charge on any atom is -0.385 e. The number of hydrogen-bond acceptors (Lipinski definition) is 4. The molecule has 0 saturated carbocycles. The van der Waals surface area contributed by atoms with Crippen LogP contribution in [-0.4, -0.2) is 34.1 Å². The minimum atomic E-state index is -0.868. The highest BCUT2D eigenvalue weighted by molar-refractivity contribution is 6.30. The van der Waals surface area contributed by atoms with Crippen molar-refractivity contribution in [3.63, 3.8) is 0 Å². The Morgan fingerprint density at radius 1 is 1.50 bits per heavy atom. The van der Waals surface area contributed by atoms with Crippen LogP contribution in [0.25, 0.3) is 0 Å². The molecule has 1 aromatic heterocycles. The summed E-state index contributed by atoms with van der Waals surface area (Å²) < 4.78 is 0. The molecular formula is C13H18ClN3O. The molecule has 4 nitrogen and oxygen atoms in total. The van der Waals surface area contributed by atoms with E-state index in [0.717, 1.165) is 25.9 Å². The van der Waals surface area contributed by atoms with Crippen LogP contribution in [-0.2, 0) is 5.60 Å². The molecule has 2 aliphatic rings. The second-order valence-electron chi connectivity index (χ2n) is 5.40. The molecule has 1 aromatic rings. The van der Waals surface area contributed by atoms with Crippen molar-refractivity contribution in [2.24, 2.45) is 0 Å². The highest BCUT2D eigenvalue weighted by atomic mass is 35.5. The van der Waals surface area contributed by atoms with Crippen LogP contribution in [0, 0.1) is 0 Å². The van der Waals surface area contributed by atoms with Crippen LogP contribution in [0.3, 0.4) is 0 Å². The Morgan fingerprint density at radius 2 is 2.33 bits per heavy atom. The van der Waals surface area contributed by atoms with Gasteiger partial charge in [-0.1, -0.05) is 11.6 Å². The maximum atomic E-state index is 10.9. The van der Waals surface area contributed by atoms with E-state index in [0.29, 0.717) is 28.9 Å². The molecule has 2 unspecified atom stereocenters. The number of halogens is 1. The molecule has 0 aromatic carbocycles. The molecule has 3 rings (SSSR count). The monoisotopic (exact) mass is 267 g/mol. The molecule has 2 saturated heterocycles. The summed E-state index contributed by atoms with van der Waals surface area (Å²) in [6.07, 6.45) is 5.35. The number of piperidine rings is 1. The van der Waals surface area contributed by atoms with E-state index in [1.165, 1.54) is 12.6 Å². The van der Waals surface area contributed by atoms with E-state index in [2.05, 4.69) is 9.88 Å². The number of fused-ring (bicyclic) bond motifs is 1. The zero-order valence-corrected chi connectivity index (χ0v) is 11.0. The molecule has 0 aliphatic carbocycles. The van der Waals surface area contributed by atoms with Gasteiger partial charge in [0.1, 0.15) is 5.82 Å². The Hall–Kier alpha value is -0.840. The molecule has 2 fully saturated rings. The lowest BCUT2D eigenvalue weighted by atomic mass is 9.81. The van der Waals surface area contributed by atoms with E-state index in [1.807, 2.05) is 0 Å². The summed E-state index contributed by atoms with van der Waals surface area (Å²) in [5.74, 6) is 0.397. The molecule has 0 spiro atoms. The lowest BCUT2D eigenvalue weighted by Crippen LogP contribution is -2.46. The Kier molecular flexibility index (Phi) is 2.96. The molecule has 98 valence electrons. The molecule has 18 heavy (non-hydrogen) atoms. The number of aliphatic hydroxyl groups is 1. The van der Waals surface area contributed by atoms with Crippen LogP contribution >= 0.6 is 11.6 Å². The Labute approximate surface area is 112 Å². The predicted octanol–water partition coefficient (Wildman–Crippen LogP) is 1.76. The Morgan fingerprint density at radius 3 is 3.17 bits per heavy atom. The third-order valence-electron chi connectivity index (χ3n) is 4.27. The third kappa shape index (κ3) is 1.98. The molecule has 3 heterocycles. The van der Waals surface area contributed by atoms with E-state index >= 15 is 0 Å². The van der Waals surface area contributed by atoms with Crippen LogP contribution in [0.5, 0.6) is 0 Å². The van der Waals surface area contributed by atoms with Gasteiger partial charge in [-0.2, -0.15) is 0 Å². The highest BCUT2D eigenvalue weighted by Gasteiger charge is 2.42. The number of pyridine rings is 1. The predicted molar refractivity (Wildman–Crippen MR) is 71.4 cm³/mol. The van der Waals surface area contributed by atoms with Crippen molar-refractivity contribution in [2.45, 2.75) is 37.3 Å². The summed E-state index contributed by atoms with van der Waals surface area (Å²) in [6, 6.07) is 2.23. The van der Waals surface area contributed by atoms with Gasteiger partial charge in [-0.15, -0.1) is 0 Å². The number of aromatic nitrogens is 1. The van der Waals surface area contributed by atoms with Crippen molar-refractivity contribution < 1.29 is 5.11 Å². The largest absolute Gasteiger partial charge is 0.385 e. The molecule has 5 heteroatoms. The zero-order chi connectivity index (χ0) is 12.8. The van der Waals surface area contributed by atoms with Crippen LogP contribution in [0.15, 0.2) is 12.3 Å². The quantitative estimate of drug-likeness (QED) is 0.814.